The van der Waals surface area contributed by atoms with Crippen LogP contribution in [0.5, 0.6) is 0 Å². The van der Waals surface area contributed by atoms with E-state index in [1.54, 1.807) is 22.9 Å². The van der Waals surface area contributed by atoms with Crippen molar-refractivity contribution in [3.05, 3.63) is 48.7 Å². The molecule has 1 aliphatic heterocycles. The normalized spacial score (nSPS) is 14.2. The molecule has 4 heterocycles. The third kappa shape index (κ3) is 2.12. The average molecular weight is 384 g/mol. The molecule has 26 heavy (non-hydrogen) atoms. The van der Waals surface area contributed by atoms with Crippen molar-refractivity contribution in [1.29, 1.82) is 0 Å². The molecular weight excluding hydrogens is 372 g/mol. The van der Waals surface area contributed by atoms with Crippen LogP contribution in [0.3, 0.4) is 0 Å². The number of aryl methyl sites for hydroxylation is 1. The van der Waals surface area contributed by atoms with Crippen molar-refractivity contribution in [3.63, 3.8) is 0 Å². The summed E-state index contributed by atoms with van der Waals surface area (Å²) in [5.41, 5.74) is 1.99. The molecule has 3 aromatic heterocycles. The van der Waals surface area contributed by atoms with Crippen LogP contribution in [-0.2, 0) is 9.84 Å². The zero-order valence-corrected chi connectivity index (χ0v) is 15.1. The van der Waals surface area contributed by atoms with Gasteiger partial charge < -0.3 is 9.88 Å². The van der Waals surface area contributed by atoms with Crippen LogP contribution in [0, 0.1) is 6.92 Å². The minimum absolute atomic E-state index is 0.0652. The molecule has 8 nitrogen and oxygen atoms in total. The van der Waals surface area contributed by atoms with E-state index in [9.17, 15) is 8.42 Å². The number of anilines is 2. The maximum atomic E-state index is 13.0. The highest BCUT2D eigenvalue weighted by Gasteiger charge is 2.33. The maximum Gasteiger partial charge on any atom is 0.228 e. The van der Waals surface area contributed by atoms with Crippen molar-refractivity contribution in [2.24, 2.45) is 0 Å². The lowest BCUT2D eigenvalue weighted by atomic mass is 10.1. The van der Waals surface area contributed by atoms with Crippen LogP contribution in [0.2, 0.25) is 0 Å². The number of benzene rings is 1. The Morgan fingerprint density at radius 1 is 1.27 bits per heavy atom. The van der Waals surface area contributed by atoms with Crippen molar-refractivity contribution < 1.29 is 8.42 Å². The van der Waals surface area contributed by atoms with Crippen LogP contribution in [-0.4, -0.2) is 33.2 Å². The van der Waals surface area contributed by atoms with E-state index in [1.165, 1.54) is 23.9 Å². The fourth-order valence-electron chi connectivity index (χ4n) is 3.01. The van der Waals surface area contributed by atoms with Crippen LogP contribution in [0.25, 0.3) is 16.1 Å². The van der Waals surface area contributed by atoms with Crippen molar-refractivity contribution in [2.75, 3.05) is 5.32 Å². The molecule has 0 spiro atoms. The molecule has 130 valence electrons. The summed E-state index contributed by atoms with van der Waals surface area (Å²) < 4.78 is 27.7. The van der Waals surface area contributed by atoms with Gasteiger partial charge in [0.05, 0.1) is 22.5 Å². The number of thiazole rings is 1. The van der Waals surface area contributed by atoms with Gasteiger partial charge in [0.25, 0.3) is 0 Å². The fourth-order valence-corrected chi connectivity index (χ4v) is 5.64. The van der Waals surface area contributed by atoms with Crippen LogP contribution in [0.1, 0.15) is 5.69 Å². The van der Waals surface area contributed by atoms with E-state index < -0.39 is 9.84 Å². The van der Waals surface area contributed by atoms with Gasteiger partial charge in [-0.2, -0.15) is 5.10 Å². The Morgan fingerprint density at radius 2 is 2.15 bits per heavy atom. The molecule has 2 N–H and O–H groups in total. The summed E-state index contributed by atoms with van der Waals surface area (Å²) in [4.78, 5) is 9.61. The minimum Gasteiger partial charge on any atom is -0.317 e. The van der Waals surface area contributed by atoms with Crippen molar-refractivity contribution >= 4 is 32.1 Å². The summed E-state index contributed by atoms with van der Waals surface area (Å²) in [5.74, 6) is 0.718. The van der Waals surface area contributed by atoms with Crippen LogP contribution in [0.4, 0.5) is 10.9 Å². The molecule has 1 aliphatic rings. The first-order chi connectivity index (χ1) is 12.5. The van der Waals surface area contributed by atoms with Gasteiger partial charge in [0.2, 0.25) is 9.84 Å². The molecule has 0 saturated carbocycles. The second kappa shape index (κ2) is 5.26. The predicted molar refractivity (Wildman–Crippen MR) is 96.7 cm³/mol. The third-order valence-corrected chi connectivity index (χ3v) is 6.99. The summed E-state index contributed by atoms with van der Waals surface area (Å²) >= 11 is 1.39. The van der Waals surface area contributed by atoms with E-state index in [1.807, 2.05) is 19.1 Å². The summed E-state index contributed by atoms with van der Waals surface area (Å²) in [6.07, 6.45) is 4.70. The van der Waals surface area contributed by atoms with Gasteiger partial charge in [0.1, 0.15) is 17.0 Å². The van der Waals surface area contributed by atoms with Crippen LogP contribution < -0.4 is 5.32 Å². The Bertz CT molecular complexity index is 1240. The van der Waals surface area contributed by atoms with Crippen molar-refractivity contribution in [3.8, 4) is 16.1 Å². The highest BCUT2D eigenvalue weighted by molar-refractivity contribution is 7.91. The molecule has 0 fully saturated rings. The van der Waals surface area contributed by atoms with Gasteiger partial charge in [0, 0.05) is 17.8 Å². The summed E-state index contributed by atoms with van der Waals surface area (Å²) in [7, 11) is -3.66. The molecular formula is C16H12N6O2S2. The molecule has 0 unspecified atom stereocenters. The number of nitrogens with zero attached hydrogens (tertiary/aromatic N) is 4. The first-order valence-corrected chi connectivity index (χ1v) is 10.0. The number of hydrogen-bond donors (Lipinski definition) is 2. The second-order valence-electron chi connectivity index (χ2n) is 5.81. The van der Waals surface area contributed by atoms with Crippen LogP contribution in [0.15, 0.2) is 52.9 Å². The molecule has 4 aromatic rings. The molecule has 0 radical (unpaired) electrons. The lowest BCUT2D eigenvalue weighted by Crippen LogP contribution is -2.11. The Morgan fingerprint density at radius 3 is 2.96 bits per heavy atom. The summed E-state index contributed by atoms with van der Waals surface area (Å²) in [6.45, 7) is 1.86. The first kappa shape index (κ1) is 15.3. The van der Waals surface area contributed by atoms with E-state index in [2.05, 4.69) is 25.5 Å². The Hall–Kier alpha value is -2.98. The van der Waals surface area contributed by atoms with E-state index >= 15 is 0 Å². The van der Waals surface area contributed by atoms with Gasteiger partial charge >= 0.3 is 0 Å². The maximum absolute atomic E-state index is 13.0. The monoisotopic (exact) mass is 384 g/mol. The molecule has 1 aromatic carbocycles. The minimum atomic E-state index is -3.66. The SMILES string of the molecule is Cc1nc(Nc2ccn[nH]2)sc1-c1cccc2c1S(=O)(=O)c1cn-2cn1. The van der Waals surface area contributed by atoms with Gasteiger partial charge in [-0.15, -0.1) is 0 Å². The average Bonchev–Trinajstić information content (AvgIpc) is 3.34. The number of nitrogens with one attached hydrogen (secondary N) is 2. The molecule has 2 bridgehead atoms. The Labute approximate surface area is 152 Å². The largest absolute Gasteiger partial charge is 0.317 e. The molecule has 5 rings (SSSR count). The quantitative estimate of drug-likeness (QED) is 0.495. The summed E-state index contributed by atoms with van der Waals surface area (Å²) in [5, 5.41) is 10.6. The number of aromatic amines is 1. The molecule has 10 heteroatoms. The first-order valence-electron chi connectivity index (χ1n) is 7.71. The van der Waals surface area contributed by atoms with E-state index in [4.69, 9.17) is 0 Å². The zero-order chi connectivity index (χ0) is 17.9. The van der Waals surface area contributed by atoms with E-state index in [-0.39, 0.29) is 9.92 Å². The molecule has 0 amide bonds. The standard InChI is InChI=1S/C16H12N6O2S2/c1-9-14(25-16(19-9)20-12-5-6-18-21-12)10-3-2-4-11-15(10)26(23,24)13-7-22(11)8-17-13/h2-8H,1H3,(H2,18,19,20,21). The second-order valence-corrected chi connectivity index (χ2v) is 8.64. The Kier molecular flexibility index (Phi) is 3.09. The van der Waals surface area contributed by atoms with E-state index in [0.29, 0.717) is 16.4 Å². The molecule has 0 aliphatic carbocycles. The third-order valence-electron chi connectivity index (χ3n) is 4.16. The number of H-pyrrole nitrogens is 1. The van der Waals surface area contributed by atoms with E-state index in [0.717, 1.165) is 16.4 Å². The topological polar surface area (TPSA) is 106 Å². The molecule has 0 atom stereocenters. The zero-order valence-electron chi connectivity index (χ0n) is 13.5. The smallest absolute Gasteiger partial charge is 0.228 e. The summed E-state index contributed by atoms with van der Waals surface area (Å²) in [6, 6.07) is 7.22. The number of sulfone groups is 1. The van der Waals surface area contributed by atoms with Crippen molar-refractivity contribution in [2.45, 2.75) is 16.8 Å². The number of hydrogen-bond acceptors (Lipinski definition) is 7. The highest BCUT2D eigenvalue weighted by atomic mass is 32.2. The number of imidazole rings is 1. The van der Waals surface area contributed by atoms with Gasteiger partial charge in [0.15, 0.2) is 10.2 Å². The number of fused-ring (bicyclic) bond motifs is 4. The van der Waals surface area contributed by atoms with Gasteiger partial charge in [-0.1, -0.05) is 23.5 Å². The molecule has 0 saturated heterocycles. The Balaban J connectivity index is 1.68. The number of rotatable bonds is 3. The fraction of sp³-hybridized carbons (Fsp3) is 0.0625. The van der Waals surface area contributed by atoms with Crippen LogP contribution >= 0.6 is 11.3 Å². The predicted octanol–water partition coefficient (Wildman–Crippen LogP) is 2.92. The lowest BCUT2D eigenvalue weighted by Gasteiger charge is -2.16. The number of aromatic nitrogens is 5. The van der Waals surface area contributed by atoms with Gasteiger partial charge in [-0.05, 0) is 13.0 Å². The highest BCUT2D eigenvalue weighted by Crippen LogP contribution is 2.42. The van der Waals surface area contributed by atoms with Gasteiger partial charge in [-0.3, -0.25) is 5.10 Å². The lowest BCUT2D eigenvalue weighted by molar-refractivity contribution is 0.591. The van der Waals surface area contributed by atoms with Gasteiger partial charge in [-0.25, -0.2) is 18.4 Å². The van der Waals surface area contributed by atoms with Crippen molar-refractivity contribution in [1.82, 2.24) is 24.7 Å².